The highest BCUT2D eigenvalue weighted by atomic mass is 16.3. The van der Waals surface area contributed by atoms with Crippen LogP contribution in [0.1, 0.15) is 30.3 Å². The van der Waals surface area contributed by atoms with Crippen LogP contribution in [0.2, 0.25) is 0 Å². The Balaban J connectivity index is 1.60. The molecule has 5 nitrogen and oxygen atoms in total. The van der Waals surface area contributed by atoms with Crippen molar-refractivity contribution in [2.75, 3.05) is 26.2 Å². The Morgan fingerprint density at radius 2 is 2.04 bits per heavy atom. The zero-order valence-corrected chi connectivity index (χ0v) is 13.5. The maximum atomic E-state index is 12.6. The smallest absolute Gasteiger partial charge is 0.275 e. The van der Waals surface area contributed by atoms with Gasteiger partial charge in [0.15, 0.2) is 5.69 Å². The second-order valence-corrected chi connectivity index (χ2v) is 5.95. The van der Waals surface area contributed by atoms with E-state index >= 15 is 0 Å². The van der Waals surface area contributed by atoms with Crippen molar-refractivity contribution < 1.29 is 9.21 Å². The Bertz CT molecular complexity index is 631. The highest BCUT2D eigenvalue weighted by Gasteiger charge is 2.25. The largest absolute Gasteiger partial charge is 0.444 e. The highest BCUT2D eigenvalue weighted by molar-refractivity contribution is 5.92. The molecule has 1 aromatic carbocycles. The van der Waals surface area contributed by atoms with Gasteiger partial charge in [0.25, 0.3) is 5.91 Å². The summed E-state index contributed by atoms with van der Waals surface area (Å²) in [6.07, 6.45) is 3.56. The van der Waals surface area contributed by atoms with E-state index in [2.05, 4.69) is 17.2 Å². The molecule has 2 aromatic rings. The Labute approximate surface area is 136 Å². The second-order valence-electron chi connectivity index (χ2n) is 5.95. The van der Waals surface area contributed by atoms with Gasteiger partial charge < -0.3 is 14.6 Å². The molecule has 0 radical (unpaired) electrons. The normalized spacial score (nSPS) is 15.8. The number of benzene rings is 1. The first-order valence-corrected chi connectivity index (χ1v) is 8.29. The maximum Gasteiger partial charge on any atom is 0.275 e. The first-order valence-electron chi connectivity index (χ1n) is 8.29. The molecule has 5 heteroatoms. The molecule has 23 heavy (non-hydrogen) atoms. The molecule has 2 heterocycles. The number of hydrogen-bond donors (Lipinski definition) is 1. The summed E-state index contributed by atoms with van der Waals surface area (Å²) in [5, 5.41) is 3.38. The second kappa shape index (κ2) is 7.42. The fourth-order valence-corrected chi connectivity index (χ4v) is 2.94. The number of carbonyl (C=O) groups excluding carboxylic acids is 1. The van der Waals surface area contributed by atoms with Gasteiger partial charge in [-0.15, -0.1) is 0 Å². The molecule has 0 saturated carbocycles. The van der Waals surface area contributed by atoms with E-state index in [1.54, 1.807) is 0 Å². The summed E-state index contributed by atoms with van der Waals surface area (Å²) in [4.78, 5) is 18.8. The van der Waals surface area contributed by atoms with Crippen LogP contribution in [-0.4, -0.2) is 42.0 Å². The van der Waals surface area contributed by atoms with Gasteiger partial charge in [0.05, 0.1) is 0 Å². The van der Waals surface area contributed by atoms with Gasteiger partial charge in [-0.2, -0.15) is 0 Å². The van der Waals surface area contributed by atoms with Gasteiger partial charge in [-0.3, -0.25) is 4.79 Å². The topological polar surface area (TPSA) is 58.4 Å². The van der Waals surface area contributed by atoms with E-state index in [-0.39, 0.29) is 5.91 Å². The molecule has 0 spiro atoms. The lowest BCUT2D eigenvalue weighted by atomic mass is 9.96. The Morgan fingerprint density at radius 3 is 2.74 bits per heavy atom. The van der Waals surface area contributed by atoms with Crippen molar-refractivity contribution in [3.8, 4) is 11.5 Å². The zero-order valence-electron chi connectivity index (χ0n) is 13.5. The number of oxazole rings is 1. The number of likely N-dealkylation sites (tertiary alicyclic amines) is 1. The molecule has 1 aliphatic heterocycles. The van der Waals surface area contributed by atoms with Crippen molar-refractivity contribution in [1.82, 2.24) is 15.2 Å². The summed E-state index contributed by atoms with van der Waals surface area (Å²) in [5.41, 5.74) is 1.28. The fraction of sp³-hybridized carbons (Fsp3) is 0.444. The van der Waals surface area contributed by atoms with Gasteiger partial charge in [-0.05, 0) is 44.0 Å². The molecule has 1 N–H and O–H groups in total. The quantitative estimate of drug-likeness (QED) is 0.922. The van der Waals surface area contributed by atoms with E-state index in [4.69, 9.17) is 4.42 Å². The van der Waals surface area contributed by atoms with Crippen LogP contribution in [0.25, 0.3) is 11.5 Å². The number of nitrogens with one attached hydrogen (secondary N) is 1. The minimum absolute atomic E-state index is 0.0298. The van der Waals surface area contributed by atoms with Gasteiger partial charge in [0.2, 0.25) is 5.89 Å². The van der Waals surface area contributed by atoms with E-state index in [9.17, 15) is 4.79 Å². The molecule has 0 aliphatic carbocycles. The summed E-state index contributed by atoms with van der Waals surface area (Å²) in [5.74, 6) is 1.13. The summed E-state index contributed by atoms with van der Waals surface area (Å²) >= 11 is 0. The van der Waals surface area contributed by atoms with Crippen LogP contribution in [-0.2, 0) is 0 Å². The van der Waals surface area contributed by atoms with E-state index in [1.165, 1.54) is 6.26 Å². The maximum absolute atomic E-state index is 12.6. The molecule has 1 amide bonds. The van der Waals surface area contributed by atoms with E-state index in [0.717, 1.165) is 44.6 Å². The highest BCUT2D eigenvalue weighted by Crippen LogP contribution is 2.21. The van der Waals surface area contributed by atoms with Crippen LogP contribution in [0, 0.1) is 5.92 Å². The lowest BCUT2D eigenvalue weighted by Crippen LogP contribution is -2.40. The van der Waals surface area contributed by atoms with Gasteiger partial charge >= 0.3 is 0 Å². The van der Waals surface area contributed by atoms with E-state index in [0.29, 0.717) is 17.5 Å². The first kappa shape index (κ1) is 15.7. The average molecular weight is 313 g/mol. The third kappa shape index (κ3) is 3.79. The third-order valence-electron chi connectivity index (χ3n) is 4.33. The number of nitrogens with zero attached hydrogens (tertiary/aromatic N) is 2. The molecule has 0 bridgehead atoms. The standard InChI is InChI=1S/C18H23N3O2/c1-2-19-12-14-8-10-21(11-9-14)18(22)16-13-23-17(20-16)15-6-4-3-5-7-15/h3-7,13-14,19H,2,8-12H2,1H3. The number of aromatic nitrogens is 1. The van der Waals surface area contributed by atoms with Crippen LogP contribution < -0.4 is 5.32 Å². The van der Waals surface area contributed by atoms with Crippen molar-refractivity contribution in [2.45, 2.75) is 19.8 Å². The number of hydrogen-bond acceptors (Lipinski definition) is 4. The molecule has 122 valence electrons. The molecule has 1 fully saturated rings. The molecule has 1 aliphatic rings. The summed E-state index contributed by atoms with van der Waals surface area (Å²) in [6.45, 7) is 5.75. The predicted molar refractivity (Wildman–Crippen MR) is 89.1 cm³/mol. The first-order chi connectivity index (χ1) is 11.3. The lowest BCUT2D eigenvalue weighted by Gasteiger charge is -2.31. The zero-order chi connectivity index (χ0) is 16.1. The van der Waals surface area contributed by atoms with Gasteiger partial charge in [0, 0.05) is 18.7 Å². The molecule has 1 aromatic heterocycles. The minimum atomic E-state index is -0.0298. The van der Waals surface area contributed by atoms with Crippen molar-refractivity contribution in [1.29, 1.82) is 0 Å². The predicted octanol–water partition coefficient (Wildman–Crippen LogP) is 2.80. The number of amides is 1. The van der Waals surface area contributed by atoms with Crippen molar-refractivity contribution in [2.24, 2.45) is 5.92 Å². The molecule has 1 saturated heterocycles. The average Bonchev–Trinajstić information content (AvgIpc) is 3.11. The SMILES string of the molecule is CCNCC1CCN(C(=O)c2coc(-c3ccccc3)n2)CC1. The Hall–Kier alpha value is -2.14. The number of piperidine rings is 1. The molecular formula is C18H23N3O2. The minimum Gasteiger partial charge on any atom is -0.444 e. The molecule has 0 atom stereocenters. The molecule has 3 rings (SSSR count). The van der Waals surface area contributed by atoms with Gasteiger partial charge in [-0.25, -0.2) is 4.98 Å². The van der Waals surface area contributed by atoms with Crippen LogP contribution in [0.3, 0.4) is 0 Å². The summed E-state index contributed by atoms with van der Waals surface area (Å²) < 4.78 is 5.47. The number of carbonyl (C=O) groups is 1. The molecule has 0 unspecified atom stereocenters. The van der Waals surface area contributed by atoms with Crippen LogP contribution in [0.4, 0.5) is 0 Å². The van der Waals surface area contributed by atoms with Crippen LogP contribution in [0.15, 0.2) is 41.0 Å². The lowest BCUT2D eigenvalue weighted by molar-refractivity contribution is 0.0684. The van der Waals surface area contributed by atoms with E-state index in [1.807, 2.05) is 35.2 Å². The summed E-state index contributed by atoms with van der Waals surface area (Å²) in [6, 6.07) is 9.64. The number of rotatable bonds is 5. The molecular weight excluding hydrogens is 290 g/mol. The van der Waals surface area contributed by atoms with Crippen molar-refractivity contribution in [3.05, 3.63) is 42.3 Å². The Morgan fingerprint density at radius 1 is 1.30 bits per heavy atom. The van der Waals surface area contributed by atoms with Crippen molar-refractivity contribution >= 4 is 5.91 Å². The van der Waals surface area contributed by atoms with Gasteiger partial charge in [-0.1, -0.05) is 25.1 Å². The van der Waals surface area contributed by atoms with Crippen LogP contribution in [0.5, 0.6) is 0 Å². The monoisotopic (exact) mass is 313 g/mol. The van der Waals surface area contributed by atoms with Gasteiger partial charge in [0.1, 0.15) is 6.26 Å². The van der Waals surface area contributed by atoms with Crippen molar-refractivity contribution in [3.63, 3.8) is 0 Å². The Kier molecular flexibility index (Phi) is 5.08. The fourth-order valence-electron chi connectivity index (χ4n) is 2.94. The summed E-state index contributed by atoms with van der Waals surface area (Å²) in [7, 11) is 0. The van der Waals surface area contributed by atoms with E-state index < -0.39 is 0 Å². The van der Waals surface area contributed by atoms with Crippen LogP contribution >= 0.6 is 0 Å². The third-order valence-corrected chi connectivity index (χ3v) is 4.33.